The van der Waals surface area contributed by atoms with E-state index >= 15 is 0 Å². The fraction of sp³-hybridized carbons (Fsp3) is 0.143. The SMILES string of the molecule is Cc1ccc(C(N)c2ccccc2Cl)c(Br)c1. The van der Waals surface area contributed by atoms with Gasteiger partial charge >= 0.3 is 0 Å². The number of hydrogen-bond acceptors (Lipinski definition) is 1. The molecule has 0 aliphatic rings. The van der Waals surface area contributed by atoms with Crippen molar-refractivity contribution in [3.63, 3.8) is 0 Å². The van der Waals surface area contributed by atoms with Crippen molar-refractivity contribution in [1.29, 1.82) is 0 Å². The standard InChI is InChI=1S/C14H13BrClN/c1-9-6-7-10(12(15)8-9)14(17)11-4-2-3-5-13(11)16/h2-8,14H,17H2,1H3. The van der Waals surface area contributed by atoms with Crippen LogP contribution in [0.2, 0.25) is 5.02 Å². The Morgan fingerprint density at radius 3 is 2.47 bits per heavy atom. The van der Waals surface area contributed by atoms with Gasteiger partial charge in [0.05, 0.1) is 6.04 Å². The average Bonchev–Trinajstić information content (AvgIpc) is 2.29. The molecule has 0 heterocycles. The summed E-state index contributed by atoms with van der Waals surface area (Å²) in [4.78, 5) is 0. The van der Waals surface area contributed by atoms with Gasteiger partial charge in [-0.2, -0.15) is 0 Å². The fourth-order valence-corrected chi connectivity index (χ4v) is 2.77. The molecule has 2 aromatic carbocycles. The molecule has 0 aliphatic carbocycles. The van der Waals surface area contributed by atoms with E-state index in [0.29, 0.717) is 5.02 Å². The number of aryl methyl sites for hydroxylation is 1. The van der Waals surface area contributed by atoms with E-state index in [1.54, 1.807) is 0 Å². The highest BCUT2D eigenvalue weighted by Crippen LogP contribution is 2.31. The van der Waals surface area contributed by atoms with Crippen molar-refractivity contribution in [2.24, 2.45) is 5.73 Å². The largest absolute Gasteiger partial charge is 0.320 e. The molecular weight excluding hydrogens is 298 g/mol. The first kappa shape index (κ1) is 12.6. The van der Waals surface area contributed by atoms with Gasteiger partial charge in [-0.25, -0.2) is 0 Å². The van der Waals surface area contributed by atoms with Crippen molar-refractivity contribution in [2.45, 2.75) is 13.0 Å². The molecule has 0 saturated heterocycles. The van der Waals surface area contributed by atoms with E-state index in [1.165, 1.54) is 5.56 Å². The van der Waals surface area contributed by atoms with Gasteiger partial charge in [0.1, 0.15) is 0 Å². The second-order valence-corrected chi connectivity index (χ2v) is 5.29. The van der Waals surface area contributed by atoms with Crippen molar-refractivity contribution in [2.75, 3.05) is 0 Å². The molecule has 0 fully saturated rings. The van der Waals surface area contributed by atoms with E-state index in [-0.39, 0.29) is 6.04 Å². The quantitative estimate of drug-likeness (QED) is 0.871. The van der Waals surface area contributed by atoms with Gasteiger partial charge in [0.25, 0.3) is 0 Å². The first-order valence-electron chi connectivity index (χ1n) is 5.35. The maximum absolute atomic E-state index is 6.25. The second-order valence-electron chi connectivity index (χ2n) is 4.02. The number of nitrogens with two attached hydrogens (primary N) is 1. The Labute approximate surface area is 115 Å². The summed E-state index contributed by atoms with van der Waals surface area (Å²) in [5, 5.41) is 0.701. The van der Waals surface area contributed by atoms with Crippen molar-refractivity contribution in [1.82, 2.24) is 0 Å². The minimum absolute atomic E-state index is 0.210. The lowest BCUT2D eigenvalue weighted by Gasteiger charge is -2.16. The molecule has 0 bridgehead atoms. The van der Waals surface area contributed by atoms with Crippen LogP contribution in [0.4, 0.5) is 0 Å². The number of hydrogen-bond donors (Lipinski definition) is 1. The highest BCUT2D eigenvalue weighted by Gasteiger charge is 2.14. The molecule has 1 unspecified atom stereocenters. The highest BCUT2D eigenvalue weighted by atomic mass is 79.9. The molecule has 0 spiro atoms. The molecule has 0 saturated carbocycles. The molecular formula is C14H13BrClN. The molecule has 0 amide bonds. The topological polar surface area (TPSA) is 26.0 Å². The van der Waals surface area contributed by atoms with Gasteiger partial charge in [0.2, 0.25) is 0 Å². The molecule has 0 aromatic heterocycles. The summed E-state index contributed by atoms with van der Waals surface area (Å²) in [6.07, 6.45) is 0. The molecule has 2 N–H and O–H groups in total. The van der Waals surface area contributed by atoms with Crippen LogP contribution in [-0.4, -0.2) is 0 Å². The van der Waals surface area contributed by atoms with Gasteiger partial charge in [0, 0.05) is 9.50 Å². The number of halogens is 2. The lowest BCUT2D eigenvalue weighted by Crippen LogP contribution is -2.13. The normalized spacial score (nSPS) is 12.5. The van der Waals surface area contributed by atoms with E-state index in [0.717, 1.165) is 15.6 Å². The van der Waals surface area contributed by atoms with Crippen LogP contribution in [0.1, 0.15) is 22.7 Å². The molecule has 3 heteroatoms. The summed E-state index contributed by atoms with van der Waals surface area (Å²) in [7, 11) is 0. The molecule has 1 atom stereocenters. The monoisotopic (exact) mass is 309 g/mol. The predicted molar refractivity (Wildman–Crippen MR) is 76.4 cm³/mol. The third-order valence-corrected chi connectivity index (χ3v) is 3.76. The molecule has 2 aromatic rings. The van der Waals surface area contributed by atoms with Crippen molar-refractivity contribution in [3.8, 4) is 0 Å². The lowest BCUT2D eigenvalue weighted by atomic mass is 9.99. The first-order chi connectivity index (χ1) is 8.09. The van der Waals surface area contributed by atoms with Crippen molar-refractivity contribution >= 4 is 27.5 Å². The minimum atomic E-state index is -0.210. The predicted octanol–water partition coefficient (Wildman–Crippen LogP) is 4.46. The number of benzene rings is 2. The van der Waals surface area contributed by atoms with Crippen LogP contribution in [0.15, 0.2) is 46.9 Å². The first-order valence-corrected chi connectivity index (χ1v) is 6.52. The summed E-state index contributed by atoms with van der Waals surface area (Å²) in [5.74, 6) is 0. The van der Waals surface area contributed by atoms with Crippen LogP contribution in [0, 0.1) is 6.92 Å². The Morgan fingerprint density at radius 1 is 1.12 bits per heavy atom. The van der Waals surface area contributed by atoms with Gasteiger partial charge < -0.3 is 5.73 Å². The lowest BCUT2D eigenvalue weighted by molar-refractivity contribution is 0.865. The van der Waals surface area contributed by atoms with Crippen molar-refractivity contribution < 1.29 is 0 Å². The van der Waals surface area contributed by atoms with Gasteiger partial charge in [-0.15, -0.1) is 0 Å². The van der Waals surface area contributed by atoms with E-state index in [9.17, 15) is 0 Å². The van der Waals surface area contributed by atoms with Crippen molar-refractivity contribution in [3.05, 3.63) is 68.7 Å². The molecule has 88 valence electrons. The third-order valence-electron chi connectivity index (χ3n) is 2.73. The van der Waals surface area contributed by atoms with Crippen LogP contribution in [0.25, 0.3) is 0 Å². The van der Waals surface area contributed by atoms with E-state index < -0.39 is 0 Å². The minimum Gasteiger partial charge on any atom is -0.320 e. The average molecular weight is 311 g/mol. The Morgan fingerprint density at radius 2 is 1.82 bits per heavy atom. The van der Waals surface area contributed by atoms with Gasteiger partial charge in [-0.1, -0.05) is 57.9 Å². The Hall–Kier alpha value is -0.830. The summed E-state index contributed by atoms with van der Waals surface area (Å²) in [6.45, 7) is 2.05. The molecule has 0 aliphatic heterocycles. The highest BCUT2D eigenvalue weighted by molar-refractivity contribution is 9.10. The van der Waals surface area contributed by atoms with E-state index in [2.05, 4.69) is 35.0 Å². The molecule has 0 radical (unpaired) electrons. The van der Waals surface area contributed by atoms with Crippen LogP contribution in [0.3, 0.4) is 0 Å². The van der Waals surface area contributed by atoms with Crippen LogP contribution in [-0.2, 0) is 0 Å². The Balaban J connectivity index is 2.44. The third kappa shape index (κ3) is 2.71. The molecule has 1 nitrogen and oxygen atoms in total. The van der Waals surface area contributed by atoms with Crippen LogP contribution < -0.4 is 5.73 Å². The molecule has 2 rings (SSSR count). The zero-order valence-corrected chi connectivity index (χ0v) is 11.8. The van der Waals surface area contributed by atoms with Crippen LogP contribution >= 0.6 is 27.5 Å². The zero-order valence-electron chi connectivity index (χ0n) is 9.45. The number of rotatable bonds is 2. The maximum atomic E-state index is 6.25. The van der Waals surface area contributed by atoms with Crippen LogP contribution in [0.5, 0.6) is 0 Å². The van der Waals surface area contributed by atoms with E-state index in [4.69, 9.17) is 17.3 Å². The van der Waals surface area contributed by atoms with Gasteiger partial charge in [0.15, 0.2) is 0 Å². The summed E-state index contributed by atoms with van der Waals surface area (Å²) in [6, 6.07) is 13.6. The smallest absolute Gasteiger partial charge is 0.0577 e. The summed E-state index contributed by atoms with van der Waals surface area (Å²) < 4.78 is 1.02. The van der Waals surface area contributed by atoms with E-state index in [1.807, 2.05) is 30.3 Å². The maximum Gasteiger partial charge on any atom is 0.0577 e. The fourth-order valence-electron chi connectivity index (χ4n) is 1.78. The summed E-state index contributed by atoms with van der Waals surface area (Å²) in [5.41, 5.74) is 9.44. The van der Waals surface area contributed by atoms with Gasteiger partial charge in [-0.05, 0) is 35.7 Å². The van der Waals surface area contributed by atoms with Gasteiger partial charge in [-0.3, -0.25) is 0 Å². The summed E-state index contributed by atoms with van der Waals surface area (Å²) >= 11 is 9.70. The Bertz CT molecular complexity index is 539. The zero-order chi connectivity index (χ0) is 12.4. The second kappa shape index (κ2) is 5.21. The molecule has 17 heavy (non-hydrogen) atoms. The Kier molecular flexibility index (Phi) is 3.87.